The van der Waals surface area contributed by atoms with Gasteiger partial charge < -0.3 is 29.0 Å². The molecule has 1 rings (SSSR count). The Labute approximate surface area is 171 Å². The Kier molecular flexibility index (Phi) is 14.5. The van der Waals surface area contributed by atoms with Crippen molar-refractivity contribution in [3.8, 4) is 0 Å². The predicted molar refractivity (Wildman–Crippen MR) is 111 cm³/mol. The lowest BCUT2D eigenvalue weighted by atomic mass is 10.1. The number of nitrogens with one attached hydrogen (secondary N) is 1. The van der Waals surface area contributed by atoms with Crippen LogP contribution >= 0.6 is 0 Å². The average Bonchev–Trinajstić information content (AvgIpc) is 2.89. The summed E-state index contributed by atoms with van der Waals surface area (Å²) in [6.07, 6.45) is 3.61. The van der Waals surface area contributed by atoms with E-state index in [2.05, 4.69) is 10.1 Å². The molecule has 1 heterocycles. The topological polar surface area (TPSA) is 75.3 Å². The van der Waals surface area contributed by atoms with Crippen LogP contribution in [0.1, 0.15) is 67.7 Å². The molecule has 1 saturated heterocycles. The molecule has 1 amide bonds. The van der Waals surface area contributed by atoms with Gasteiger partial charge >= 0.3 is 6.09 Å². The minimum Gasteiger partial charge on any atom is -0.453 e. The fourth-order valence-electron chi connectivity index (χ4n) is 3.10. The number of carbonyl (C=O) groups excluding carboxylic acids is 1. The summed E-state index contributed by atoms with van der Waals surface area (Å²) in [4.78, 5) is 11.0. The molecule has 0 aliphatic carbocycles. The highest BCUT2D eigenvalue weighted by molar-refractivity contribution is 5.66. The Bertz CT molecular complexity index is 404. The number of rotatable bonds is 13. The molecule has 1 fully saturated rings. The van der Waals surface area contributed by atoms with Crippen LogP contribution in [-0.4, -0.2) is 69.6 Å². The molecule has 7 nitrogen and oxygen atoms in total. The Morgan fingerprint density at radius 1 is 1.04 bits per heavy atom. The van der Waals surface area contributed by atoms with Crippen molar-refractivity contribution in [2.45, 2.75) is 104 Å². The van der Waals surface area contributed by atoms with Crippen molar-refractivity contribution in [2.75, 3.05) is 26.9 Å². The van der Waals surface area contributed by atoms with Gasteiger partial charge in [-0.25, -0.2) is 4.79 Å². The summed E-state index contributed by atoms with van der Waals surface area (Å²) in [5.41, 5.74) is 0. The molecule has 168 valence electrons. The third-order valence-electron chi connectivity index (χ3n) is 4.40. The van der Waals surface area contributed by atoms with Gasteiger partial charge in [-0.1, -0.05) is 20.3 Å². The van der Waals surface area contributed by atoms with E-state index < -0.39 is 0 Å². The van der Waals surface area contributed by atoms with E-state index in [4.69, 9.17) is 18.9 Å². The molecular weight excluding hydrogens is 362 g/mol. The SMILES string of the molecule is C.COC(=O)NCCCCCCO[C@H]1[C@H](C)OC(COC(C)C)[C@H]1OC(C)C. The molecule has 1 aliphatic rings. The van der Waals surface area contributed by atoms with Gasteiger partial charge in [0.05, 0.1) is 32.0 Å². The van der Waals surface area contributed by atoms with Crippen LogP contribution in [0.4, 0.5) is 4.79 Å². The minimum absolute atomic E-state index is 0. The zero-order valence-electron chi connectivity index (χ0n) is 17.9. The van der Waals surface area contributed by atoms with Crippen molar-refractivity contribution < 1.29 is 28.5 Å². The number of unbranched alkanes of at least 4 members (excludes halogenated alkanes) is 3. The molecule has 0 spiro atoms. The number of ether oxygens (including phenoxy) is 5. The molecule has 0 aromatic carbocycles. The maximum absolute atomic E-state index is 11.0. The third-order valence-corrected chi connectivity index (χ3v) is 4.40. The number of amides is 1. The Morgan fingerprint density at radius 2 is 1.71 bits per heavy atom. The van der Waals surface area contributed by atoms with Gasteiger partial charge in [0, 0.05) is 13.2 Å². The van der Waals surface area contributed by atoms with Crippen LogP contribution in [0.2, 0.25) is 0 Å². The van der Waals surface area contributed by atoms with Crippen LogP contribution < -0.4 is 5.32 Å². The quantitative estimate of drug-likeness (QED) is 0.468. The van der Waals surface area contributed by atoms with E-state index in [9.17, 15) is 4.79 Å². The average molecular weight is 406 g/mol. The first-order valence-electron chi connectivity index (χ1n) is 10.2. The summed E-state index contributed by atoms with van der Waals surface area (Å²) in [5.74, 6) is 0. The Hall–Kier alpha value is -0.890. The first kappa shape index (κ1) is 27.1. The second kappa shape index (κ2) is 15.0. The van der Waals surface area contributed by atoms with Crippen molar-refractivity contribution in [1.29, 1.82) is 0 Å². The third kappa shape index (κ3) is 10.6. The molecule has 1 unspecified atom stereocenters. The molecule has 7 heteroatoms. The predicted octanol–water partition coefficient (Wildman–Crippen LogP) is 3.93. The molecule has 1 aliphatic heterocycles. The molecule has 1 N–H and O–H groups in total. The van der Waals surface area contributed by atoms with Crippen molar-refractivity contribution in [3.63, 3.8) is 0 Å². The van der Waals surface area contributed by atoms with Gasteiger partial charge in [0.1, 0.15) is 18.3 Å². The number of hydrogen-bond donors (Lipinski definition) is 1. The van der Waals surface area contributed by atoms with Gasteiger partial charge in [-0.3, -0.25) is 0 Å². The molecule has 0 bridgehead atoms. The summed E-state index contributed by atoms with van der Waals surface area (Å²) in [5, 5.41) is 2.69. The summed E-state index contributed by atoms with van der Waals surface area (Å²) in [7, 11) is 1.37. The normalized spacial score (nSPS) is 24.4. The summed E-state index contributed by atoms with van der Waals surface area (Å²) in [6.45, 7) is 12.0. The second-order valence-electron chi connectivity index (χ2n) is 7.58. The Morgan fingerprint density at radius 3 is 2.32 bits per heavy atom. The van der Waals surface area contributed by atoms with Crippen LogP contribution in [-0.2, 0) is 23.7 Å². The lowest BCUT2D eigenvalue weighted by Gasteiger charge is -2.26. The van der Waals surface area contributed by atoms with Crippen LogP contribution in [0.25, 0.3) is 0 Å². The smallest absolute Gasteiger partial charge is 0.406 e. The number of alkyl carbamates (subject to hydrolysis) is 1. The fraction of sp³-hybridized carbons (Fsp3) is 0.952. The van der Waals surface area contributed by atoms with Crippen LogP contribution in [0.5, 0.6) is 0 Å². The maximum Gasteiger partial charge on any atom is 0.406 e. The van der Waals surface area contributed by atoms with Crippen LogP contribution in [0.15, 0.2) is 0 Å². The summed E-state index contributed by atoms with van der Waals surface area (Å²) in [6, 6.07) is 0. The maximum atomic E-state index is 11.0. The van der Waals surface area contributed by atoms with Crippen molar-refractivity contribution in [1.82, 2.24) is 5.32 Å². The first-order valence-corrected chi connectivity index (χ1v) is 10.2. The van der Waals surface area contributed by atoms with Crippen LogP contribution in [0.3, 0.4) is 0 Å². The molecule has 0 aromatic heterocycles. The summed E-state index contributed by atoms with van der Waals surface area (Å²) >= 11 is 0. The highest BCUT2D eigenvalue weighted by Gasteiger charge is 2.44. The standard InChI is InChI=1S/C20H39NO6.CH4/c1-14(2)25-13-17-19(26-15(3)4)18(16(5)27-17)24-12-10-8-7-9-11-21-20(22)23-6;/h14-19H,7-13H2,1-6H3,(H,21,22);1H4/t16-,17?,18-,19+;/m0./s1. The molecule has 0 saturated carbocycles. The van der Waals surface area contributed by atoms with Crippen molar-refractivity contribution in [3.05, 3.63) is 0 Å². The number of hydrogen-bond acceptors (Lipinski definition) is 6. The minimum atomic E-state index is -0.374. The molecule has 0 aromatic rings. The van der Waals surface area contributed by atoms with Crippen molar-refractivity contribution in [2.24, 2.45) is 0 Å². The van der Waals surface area contributed by atoms with E-state index in [1.54, 1.807) is 0 Å². The zero-order valence-corrected chi connectivity index (χ0v) is 17.9. The fourth-order valence-corrected chi connectivity index (χ4v) is 3.10. The van der Waals surface area contributed by atoms with E-state index in [1.165, 1.54) is 7.11 Å². The van der Waals surface area contributed by atoms with E-state index in [1.807, 2.05) is 34.6 Å². The van der Waals surface area contributed by atoms with Crippen molar-refractivity contribution >= 4 is 6.09 Å². The highest BCUT2D eigenvalue weighted by Crippen LogP contribution is 2.28. The lowest BCUT2D eigenvalue weighted by molar-refractivity contribution is -0.103. The van der Waals surface area contributed by atoms with Gasteiger partial charge in [-0.2, -0.15) is 0 Å². The monoisotopic (exact) mass is 405 g/mol. The van der Waals surface area contributed by atoms with Gasteiger partial charge in [-0.15, -0.1) is 0 Å². The van der Waals surface area contributed by atoms with E-state index in [0.29, 0.717) is 19.8 Å². The van der Waals surface area contributed by atoms with E-state index in [0.717, 1.165) is 25.7 Å². The Balaban J connectivity index is 0.00000729. The van der Waals surface area contributed by atoms with Crippen LogP contribution in [0, 0.1) is 0 Å². The molecule has 4 atom stereocenters. The van der Waals surface area contributed by atoms with Gasteiger partial charge in [-0.05, 0) is 47.5 Å². The molecule has 28 heavy (non-hydrogen) atoms. The van der Waals surface area contributed by atoms with E-state index in [-0.39, 0.29) is 50.1 Å². The molecular formula is C21H43NO6. The van der Waals surface area contributed by atoms with Gasteiger partial charge in [0.15, 0.2) is 0 Å². The van der Waals surface area contributed by atoms with Gasteiger partial charge in [0.2, 0.25) is 0 Å². The number of methoxy groups -OCH3 is 1. The summed E-state index contributed by atoms with van der Waals surface area (Å²) < 4.78 is 28.6. The van der Waals surface area contributed by atoms with E-state index >= 15 is 0 Å². The lowest BCUT2D eigenvalue weighted by Crippen LogP contribution is -2.40. The largest absolute Gasteiger partial charge is 0.453 e. The molecule has 0 radical (unpaired) electrons. The first-order chi connectivity index (χ1) is 12.8. The zero-order chi connectivity index (χ0) is 20.2. The number of carbonyl (C=O) groups is 1. The highest BCUT2D eigenvalue weighted by atomic mass is 16.6. The van der Waals surface area contributed by atoms with Gasteiger partial charge in [0.25, 0.3) is 0 Å². The second-order valence-corrected chi connectivity index (χ2v) is 7.58.